The Morgan fingerprint density at radius 3 is 2.33 bits per heavy atom. The molecule has 0 unspecified atom stereocenters. The summed E-state index contributed by atoms with van der Waals surface area (Å²) in [6, 6.07) is 26.7. The number of aromatic nitrogens is 3. The van der Waals surface area contributed by atoms with Gasteiger partial charge in [-0.2, -0.15) is 4.37 Å². The van der Waals surface area contributed by atoms with E-state index in [2.05, 4.69) is 71.3 Å². The number of fused-ring (bicyclic) bond motifs is 1. The minimum Gasteiger partial charge on any atom is -0.491 e. The zero-order chi connectivity index (χ0) is 26.8. The van der Waals surface area contributed by atoms with Crippen molar-refractivity contribution in [3.05, 3.63) is 101 Å². The second-order valence-electron chi connectivity index (χ2n) is 9.92. The lowest BCUT2D eigenvalue weighted by Gasteiger charge is -2.20. The molecule has 1 fully saturated rings. The zero-order valence-electron chi connectivity index (χ0n) is 22.2. The van der Waals surface area contributed by atoms with Gasteiger partial charge in [0.15, 0.2) is 5.16 Å². The van der Waals surface area contributed by atoms with E-state index < -0.39 is 0 Å². The van der Waals surface area contributed by atoms with Crippen molar-refractivity contribution in [2.75, 3.05) is 6.61 Å². The molecule has 6 rings (SSSR count). The van der Waals surface area contributed by atoms with Gasteiger partial charge in [0.1, 0.15) is 46.9 Å². The first-order valence-corrected chi connectivity index (χ1v) is 14.9. The summed E-state index contributed by atoms with van der Waals surface area (Å²) in [7, 11) is 0. The second-order valence-corrected chi connectivity index (χ2v) is 11.6. The number of hydrogen-bond donors (Lipinski definition) is 0. The molecule has 5 aromatic rings. The summed E-state index contributed by atoms with van der Waals surface area (Å²) < 4.78 is 26.2. The minimum absolute atomic E-state index is 0.179. The van der Waals surface area contributed by atoms with Gasteiger partial charge in [0.25, 0.3) is 0 Å². The summed E-state index contributed by atoms with van der Waals surface area (Å²) in [6.45, 7) is 6.55. The molecule has 6 nitrogen and oxygen atoms in total. The third-order valence-electron chi connectivity index (χ3n) is 6.87. The van der Waals surface area contributed by atoms with Crippen LogP contribution in [0.2, 0.25) is 0 Å². The van der Waals surface area contributed by atoms with E-state index in [1.165, 1.54) is 28.2 Å². The van der Waals surface area contributed by atoms with Gasteiger partial charge >= 0.3 is 0 Å². The summed E-state index contributed by atoms with van der Waals surface area (Å²) in [5.74, 6) is 2.48. The molecule has 8 heteroatoms. The van der Waals surface area contributed by atoms with Crippen LogP contribution in [0.5, 0.6) is 11.5 Å². The van der Waals surface area contributed by atoms with Crippen molar-refractivity contribution in [2.24, 2.45) is 0 Å². The first-order valence-electron chi connectivity index (χ1n) is 13.1. The van der Waals surface area contributed by atoms with Crippen LogP contribution in [0.15, 0.2) is 84.0 Å². The Morgan fingerprint density at radius 1 is 0.923 bits per heavy atom. The Labute approximate surface area is 237 Å². The fourth-order valence-corrected chi connectivity index (χ4v) is 6.62. The molecular weight excluding hydrogens is 526 g/mol. The highest BCUT2D eigenvalue weighted by atomic mass is 32.2. The van der Waals surface area contributed by atoms with Crippen LogP contribution in [-0.4, -0.2) is 32.7 Å². The molecule has 1 aliphatic rings. The molecule has 0 aliphatic carbocycles. The summed E-state index contributed by atoms with van der Waals surface area (Å²) in [5.41, 5.74) is 5.54. The number of rotatable bonds is 9. The van der Waals surface area contributed by atoms with Gasteiger partial charge < -0.3 is 14.2 Å². The van der Waals surface area contributed by atoms with E-state index in [0.717, 1.165) is 38.4 Å². The Balaban J connectivity index is 1.27. The molecule has 0 radical (unpaired) electrons. The molecule has 0 N–H and O–H groups in total. The smallest absolute Gasteiger partial charge is 0.172 e. The monoisotopic (exact) mass is 557 g/mol. The van der Waals surface area contributed by atoms with Gasteiger partial charge in [-0.1, -0.05) is 77.5 Å². The first kappa shape index (κ1) is 25.9. The molecule has 1 saturated heterocycles. The maximum absolute atomic E-state index is 6.71. The number of nitrogens with zero attached hydrogens (tertiary/aromatic N) is 3. The normalized spacial score (nSPS) is 19.0. The molecule has 2 aromatic heterocycles. The van der Waals surface area contributed by atoms with E-state index in [1.807, 2.05) is 37.3 Å². The van der Waals surface area contributed by atoms with Crippen LogP contribution < -0.4 is 9.47 Å². The van der Waals surface area contributed by atoms with Crippen molar-refractivity contribution in [3.63, 3.8) is 0 Å². The number of imidazole rings is 1. The van der Waals surface area contributed by atoms with E-state index in [0.29, 0.717) is 13.0 Å². The van der Waals surface area contributed by atoms with Gasteiger partial charge in [-0.05, 0) is 62.1 Å². The Hall–Kier alpha value is -3.33. The fourth-order valence-electron chi connectivity index (χ4n) is 4.69. The average molecular weight is 558 g/mol. The van der Waals surface area contributed by atoms with Gasteiger partial charge in [0.2, 0.25) is 0 Å². The third-order valence-corrected chi connectivity index (χ3v) is 8.82. The standard InChI is InChI=1S/C31H31N3O3S2/c1-20-9-13-24(14-10-20)35-18-27-26(36-25-15-11-21(2)12-16-25)17-28(37-27)34-30-29(22(3)33-39-30)32-31(34)38-19-23-7-5-4-6-8-23/h4-16,26-28H,17-19H2,1-3H3/t26-,27+,28+/m0/s1. The minimum atomic E-state index is -0.254. The van der Waals surface area contributed by atoms with Crippen molar-refractivity contribution < 1.29 is 14.2 Å². The molecule has 0 spiro atoms. The Kier molecular flexibility index (Phi) is 7.59. The van der Waals surface area contributed by atoms with Crippen LogP contribution in [0.4, 0.5) is 0 Å². The van der Waals surface area contributed by atoms with E-state index >= 15 is 0 Å². The molecule has 3 heterocycles. The van der Waals surface area contributed by atoms with Crippen LogP contribution >= 0.6 is 23.3 Å². The summed E-state index contributed by atoms with van der Waals surface area (Å²) in [6.07, 6.45) is 0.00438. The highest BCUT2D eigenvalue weighted by Crippen LogP contribution is 2.40. The number of ether oxygens (including phenoxy) is 3. The first-order chi connectivity index (χ1) is 19.0. The number of hydrogen-bond acceptors (Lipinski definition) is 7. The topological polar surface area (TPSA) is 58.4 Å². The zero-order valence-corrected chi connectivity index (χ0v) is 23.9. The molecule has 0 amide bonds. The highest BCUT2D eigenvalue weighted by Gasteiger charge is 2.40. The van der Waals surface area contributed by atoms with Crippen LogP contribution in [-0.2, 0) is 10.5 Å². The summed E-state index contributed by atoms with van der Waals surface area (Å²) >= 11 is 3.20. The van der Waals surface area contributed by atoms with Crippen molar-refractivity contribution in [1.29, 1.82) is 0 Å². The lowest BCUT2D eigenvalue weighted by molar-refractivity contribution is -0.0367. The van der Waals surface area contributed by atoms with Crippen molar-refractivity contribution in [2.45, 2.75) is 56.5 Å². The number of benzene rings is 3. The second kappa shape index (κ2) is 11.4. The van der Waals surface area contributed by atoms with Crippen LogP contribution in [0.25, 0.3) is 10.3 Å². The van der Waals surface area contributed by atoms with Gasteiger partial charge in [-0.15, -0.1) is 0 Å². The maximum Gasteiger partial charge on any atom is 0.172 e. The lowest BCUT2D eigenvalue weighted by atomic mass is 10.1. The number of thioether (sulfide) groups is 1. The Morgan fingerprint density at radius 2 is 1.62 bits per heavy atom. The van der Waals surface area contributed by atoms with E-state index in [1.54, 1.807) is 11.8 Å². The molecule has 200 valence electrons. The maximum atomic E-state index is 6.71. The quantitative estimate of drug-likeness (QED) is 0.175. The van der Waals surface area contributed by atoms with Gasteiger partial charge in [-0.25, -0.2) is 4.98 Å². The van der Waals surface area contributed by atoms with Crippen LogP contribution in [0.3, 0.4) is 0 Å². The van der Waals surface area contributed by atoms with Crippen molar-refractivity contribution in [3.8, 4) is 11.5 Å². The fraction of sp³-hybridized carbons (Fsp3) is 0.290. The molecule has 0 bridgehead atoms. The molecule has 39 heavy (non-hydrogen) atoms. The van der Waals surface area contributed by atoms with Gasteiger partial charge in [0.05, 0.1) is 5.69 Å². The third kappa shape index (κ3) is 5.83. The van der Waals surface area contributed by atoms with Crippen molar-refractivity contribution in [1.82, 2.24) is 13.9 Å². The SMILES string of the molecule is Cc1ccc(OC[C@H]2O[C@@H](n3c(SCc4ccccc4)nc4c(C)nsc43)C[C@@H]2Oc2ccc(C)cc2)cc1. The molecular formula is C31H31N3O3S2. The van der Waals surface area contributed by atoms with Crippen LogP contribution in [0.1, 0.15) is 35.0 Å². The summed E-state index contributed by atoms with van der Waals surface area (Å²) in [4.78, 5) is 6.03. The highest BCUT2D eigenvalue weighted by molar-refractivity contribution is 7.98. The Bertz CT molecular complexity index is 1530. The predicted molar refractivity (Wildman–Crippen MR) is 157 cm³/mol. The largest absolute Gasteiger partial charge is 0.491 e. The van der Waals surface area contributed by atoms with Crippen molar-refractivity contribution >= 4 is 33.6 Å². The molecule has 0 saturated carbocycles. The lowest BCUT2D eigenvalue weighted by Crippen LogP contribution is -2.32. The predicted octanol–water partition coefficient (Wildman–Crippen LogP) is 7.52. The van der Waals surface area contributed by atoms with E-state index in [4.69, 9.17) is 19.2 Å². The molecule has 1 aliphatic heterocycles. The molecule has 3 aromatic carbocycles. The van der Waals surface area contributed by atoms with Gasteiger partial charge in [0, 0.05) is 12.2 Å². The summed E-state index contributed by atoms with van der Waals surface area (Å²) in [5, 5.41) is 0.935. The molecule has 3 atom stereocenters. The van der Waals surface area contributed by atoms with E-state index in [-0.39, 0.29) is 18.4 Å². The average Bonchev–Trinajstić information content (AvgIpc) is 3.63. The van der Waals surface area contributed by atoms with Crippen LogP contribution in [0, 0.1) is 20.8 Å². The van der Waals surface area contributed by atoms with E-state index in [9.17, 15) is 0 Å². The number of aryl methyl sites for hydroxylation is 3. The van der Waals surface area contributed by atoms with Gasteiger partial charge in [-0.3, -0.25) is 4.57 Å².